The van der Waals surface area contributed by atoms with Crippen LogP contribution in [0, 0.1) is 0 Å². The number of ether oxygens (including phenoxy) is 1. The van der Waals surface area contributed by atoms with Gasteiger partial charge in [0.1, 0.15) is 0 Å². The molecule has 3 unspecified atom stereocenters. The van der Waals surface area contributed by atoms with Crippen molar-refractivity contribution in [3.8, 4) is 0 Å². The summed E-state index contributed by atoms with van der Waals surface area (Å²) >= 11 is 0. The summed E-state index contributed by atoms with van der Waals surface area (Å²) in [5.74, 6) is 0. The van der Waals surface area contributed by atoms with Crippen LogP contribution in [0.4, 0.5) is 5.69 Å². The first kappa shape index (κ1) is 12.0. The fraction of sp³-hybridized carbons (Fsp3) is 0.600. The standard InChI is InChI=1S/C15H21NO2/c1-18-12-6-4-8-15(17,10-12)14-9-11-5-2-3-7-13(11)16-14/h2-3,5,7,12,14,16-17H,4,6,8-10H2,1H3. The highest BCUT2D eigenvalue weighted by Crippen LogP contribution is 2.38. The largest absolute Gasteiger partial charge is 0.388 e. The number of rotatable bonds is 2. The second-order valence-electron chi connectivity index (χ2n) is 5.62. The van der Waals surface area contributed by atoms with Gasteiger partial charge in [-0.25, -0.2) is 0 Å². The minimum absolute atomic E-state index is 0.132. The maximum atomic E-state index is 10.9. The van der Waals surface area contributed by atoms with E-state index < -0.39 is 5.60 Å². The van der Waals surface area contributed by atoms with Gasteiger partial charge in [-0.1, -0.05) is 18.2 Å². The predicted octanol–water partition coefficient (Wildman–Crippen LogP) is 2.34. The number of nitrogens with one attached hydrogen (secondary N) is 1. The number of hydrogen-bond acceptors (Lipinski definition) is 3. The van der Waals surface area contributed by atoms with Crippen LogP contribution >= 0.6 is 0 Å². The second kappa shape index (κ2) is 4.56. The van der Waals surface area contributed by atoms with Gasteiger partial charge in [0.2, 0.25) is 0 Å². The summed E-state index contributed by atoms with van der Waals surface area (Å²) < 4.78 is 5.44. The number of benzene rings is 1. The van der Waals surface area contributed by atoms with Crippen LogP contribution in [-0.2, 0) is 11.2 Å². The Morgan fingerprint density at radius 2 is 2.22 bits per heavy atom. The van der Waals surface area contributed by atoms with E-state index in [-0.39, 0.29) is 12.1 Å². The molecule has 98 valence electrons. The molecule has 3 atom stereocenters. The number of fused-ring (bicyclic) bond motifs is 1. The van der Waals surface area contributed by atoms with Crippen molar-refractivity contribution < 1.29 is 9.84 Å². The molecule has 2 aliphatic rings. The third-order valence-corrected chi connectivity index (χ3v) is 4.47. The molecule has 0 saturated heterocycles. The maximum Gasteiger partial charge on any atom is 0.0875 e. The van der Waals surface area contributed by atoms with E-state index >= 15 is 0 Å². The Morgan fingerprint density at radius 1 is 1.39 bits per heavy atom. The molecule has 0 bridgehead atoms. The van der Waals surface area contributed by atoms with Crippen molar-refractivity contribution >= 4 is 5.69 Å². The van der Waals surface area contributed by atoms with E-state index in [9.17, 15) is 5.11 Å². The van der Waals surface area contributed by atoms with Gasteiger partial charge < -0.3 is 15.2 Å². The maximum absolute atomic E-state index is 10.9. The Kier molecular flexibility index (Phi) is 3.04. The molecule has 1 fully saturated rings. The van der Waals surface area contributed by atoms with Crippen molar-refractivity contribution in [3.63, 3.8) is 0 Å². The van der Waals surface area contributed by atoms with Gasteiger partial charge in [-0.2, -0.15) is 0 Å². The third-order valence-electron chi connectivity index (χ3n) is 4.47. The van der Waals surface area contributed by atoms with E-state index in [2.05, 4.69) is 23.5 Å². The fourth-order valence-electron chi connectivity index (χ4n) is 3.37. The number of anilines is 1. The Hall–Kier alpha value is -1.06. The quantitative estimate of drug-likeness (QED) is 0.843. The number of aliphatic hydroxyl groups is 1. The van der Waals surface area contributed by atoms with Crippen LogP contribution in [0.3, 0.4) is 0 Å². The minimum atomic E-state index is -0.627. The van der Waals surface area contributed by atoms with E-state index in [0.717, 1.165) is 32.1 Å². The monoisotopic (exact) mass is 247 g/mol. The molecule has 0 aromatic heterocycles. The average molecular weight is 247 g/mol. The summed E-state index contributed by atoms with van der Waals surface area (Å²) in [6.45, 7) is 0. The smallest absolute Gasteiger partial charge is 0.0875 e. The van der Waals surface area contributed by atoms with E-state index in [4.69, 9.17) is 4.74 Å². The highest BCUT2D eigenvalue weighted by atomic mass is 16.5. The Balaban J connectivity index is 1.76. The fourth-order valence-corrected chi connectivity index (χ4v) is 3.37. The number of hydrogen-bond donors (Lipinski definition) is 2. The third kappa shape index (κ3) is 2.02. The van der Waals surface area contributed by atoms with Crippen LogP contribution in [0.1, 0.15) is 31.2 Å². The molecule has 18 heavy (non-hydrogen) atoms. The summed E-state index contributed by atoms with van der Waals surface area (Å²) in [4.78, 5) is 0. The molecule has 1 aliphatic heterocycles. The summed E-state index contributed by atoms with van der Waals surface area (Å²) in [7, 11) is 1.74. The number of methoxy groups -OCH3 is 1. The zero-order valence-electron chi connectivity index (χ0n) is 10.9. The molecule has 0 amide bonds. The molecule has 1 aromatic carbocycles. The lowest BCUT2D eigenvalue weighted by atomic mass is 9.77. The lowest BCUT2D eigenvalue weighted by Gasteiger charge is -2.40. The first-order chi connectivity index (χ1) is 8.71. The van der Waals surface area contributed by atoms with Crippen molar-refractivity contribution in [1.82, 2.24) is 0 Å². The molecule has 2 N–H and O–H groups in total. The zero-order valence-corrected chi connectivity index (χ0v) is 10.9. The lowest BCUT2D eigenvalue weighted by Crippen LogP contribution is -2.50. The van der Waals surface area contributed by atoms with Gasteiger partial charge in [0.05, 0.1) is 17.7 Å². The van der Waals surface area contributed by atoms with Crippen molar-refractivity contribution in [3.05, 3.63) is 29.8 Å². The van der Waals surface area contributed by atoms with Crippen LogP contribution in [-0.4, -0.2) is 30.0 Å². The number of para-hydroxylation sites is 1. The SMILES string of the molecule is COC1CCCC(O)(C2Cc3ccccc3N2)C1. The van der Waals surface area contributed by atoms with Crippen molar-refractivity contribution in [2.75, 3.05) is 12.4 Å². The Morgan fingerprint density at radius 3 is 3.00 bits per heavy atom. The van der Waals surface area contributed by atoms with Crippen LogP contribution in [0.25, 0.3) is 0 Å². The molecule has 1 aliphatic carbocycles. The van der Waals surface area contributed by atoms with E-state index in [1.807, 2.05) is 6.07 Å². The van der Waals surface area contributed by atoms with Crippen molar-refractivity contribution in [2.45, 2.75) is 49.9 Å². The molecule has 3 heteroatoms. The molecule has 1 saturated carbocycles. The van der Waals surface area contributed by atoms with Gasteiger partial charge in [-0.05, 0) is 37.3 Å². The van der Waals surface area contributed by atoms with Crippen molar-refractivity contribution in [2.24, 2.45) is 0 Å². The zero-order chi connectivity index (χ0) is 12.6. The van der Waals surface area contributed by atoms with E-state index in [1.54, 1.807) is 7.11 Å². The highest BCUT2D eigenvalue weighted by molar-refractivity contribution is 5.57. The highest BCUT2D eigenvalue weighted by Gasteiger charge is 2.43. The van der Waals surface area contributed by atoms with Crippen molar-refractivity contribution in [1.29, 1.82) is 0 Å². The first-order valence-corrected chi connectivity index (χ1v) is 6.81. The van der Waals surface area contributed by atoms with E-state index in [1.165, 1.54) is 11.3 Å². The van der Waals surface area contributed by atoms with Gasteiger partial charge in [0.25, 0.3) is 0 Å². The molecule has 1 aromatic rings. The molecule has 1 heterocycles. The van der Waals surface area contributed by atoms with Gasteiger partial charge in [0, 0.05) is 19.2 Å². The summed E-state index contributed by atoms with van der Waals surface area (Å²) in [5, 5.41) is 14.4. The normalized spacial score (nSPS) is 35.0. The predicted molar refractivity (Wildman–Crippen MR) is 71.8 cm³/mol. The second-order valence-corrected chi connectivity index (χ2v) is 5.62. The molecule has 0 spiro atoms. The van der Waals surface area contributed by atoms with E-state index in [0.29, 0.717) is 0 Å². The molecular weight excluding hydrogens is 226 g/mol. The van der Waals surface area contributed by atoms with Crippen LogP contribution < -0.4 is 5.32 Å². The summed E-state index contributed by atoms with van der Waals surface area (Å²) in [6, 6.07) is 8.47. The average Bonchev–Trinajstić information content (AvgIpc) is 2.83. The Labute approximate surface area is 108 Å². The van der Waals surface area contributed by atoms with Gasteiger partial charge >= 0.3 is 0 Å². The summed E-state index contributed by atoms with van der Waals surface area (Å²) in [5.41, 5.74) is 1.86. The van der Waals surface area contributed by atoms with Gasteiger partial charge in [0.15, 0.2) is 0 Å². The Bertz CT molecular complexity index is 409. The summed E-state index contributed by atoms with van der Waals surface area (Å²) in [6.07, 6.45) is 4.85. The molecule has 0 radical (unpaired) electrons. The molecular formula is C15H21NO2. The van der Waals surface area contributed by atoms with Gasteiger partial charge in [-0.15, -0.1) is 0 Å². The topological polar surface area (TPSA) is 41.5 Å². The molecule has 3 nitrogen and oxygen atoms in total. The van der Waals surface area contributed by atoms with Crippen LogP contribution in [0.2, 0.25) is 0 Å². The van der Waals surface area contributed by atoms with Crippen LogP contribution in [0.5, 0.6) is 0 Å². The molecule has 3 rings (SSSR count). The lowest BCUT2D eigenvalue weighted by molar-refractivity contribution is -0.0682. The van der Waals surface area contributed by atoms with Crippen LogP contribution in [0.15, 0.2) is 24.3 Å². The van der Waals surface area contributed by atoms with Gasteiger partial charge in [-0.3, -0.25) is 0 Å². The first-order valence-electron chi connectivity index (χ1n) is 6.81. The minimum Gasteiger partial charge on any atom is -0.388 e.